The SMILES string of the molecule is CN(CC(=O)N1CCOCC1)Cc1cc(F)cc2c1OCOC2. The Morgan fingerprint density at radius 3 is 2.87 bits per heavy atom. The highest BCUT2D eigenvalue weighted by molar-refractivity contribution is 5.78. The fraction of sp³-hybridized carbons (Fsp3) is 0.562. The number of fused-ring (bicyclic) bond motifs is 1. The van der Waals surface area contributed by atoms with Gasteiger partial charge in [-0.3, -0.25) is 9.69 Å². The minimum Gasteiger partial charge on any atom is -0.467 e. The average molecular weight is 324 g/mol. The Labute approximate surface area is 134 Å². The number of carbonyl (C=O) groups is 1. The monoisotopic (exact) mass is 324 g/mol. The van der Waals surface area contributed by atoms with Gasteiger partial charge in [-0.25, -0.2) is 4.39 Å². The van der Waals surface area contributed by atoms with E-state index in [0.29, 0.717) is 50.8 Å². The molecule has 2 heterocycles. The molecule has 1 amide bonds. The number of amides is 1. The van der Waals surface area contributed by atoms with Gasteiger partial charge in [0.25, 0.3) is 0 Å². The van der Waals surface area contributed by atoms with E-state index in [1.807, 2.05) is 11.9 Å². The smallest absolute Gasteiger partial charge is 0.236 e. The van der Waals surface area contributed by atoms with Gasteiger partial charge in [0.2, 0.25) is 5.91 Å². The number of hydrogen-bond acceptors (Lipinski definition) is 5. The van der Waals surface area contributed by atoms with Crippen molar-refractivity contribution < 1.29 is 23.4 Å². The average Bonchev–Trinajstić information content (AvgIpc) is 2.55. The second-order valence-corrected chi connectivity index (χ2v) is 5.83. The highest BCUT2D eigenvalue weighted by atomic mass is 19.1. The topological polar surface area (TPSA) is 51.2 Å². The van der Waals surface area contributed by atoms with Gasteiger partial charge in [-0.15, -0.1) is 0 Å². The van der Waals surface area contributed by atoms with E-state index in [1.54, 1.807) is 4.90 Å². The summed E-state index contributed by atoms with van der Waals surface area (Å²) in [5, 5.41) is 0. The van der Waals surface area contributed by atoms with Crippen LogP contribution in [0, 0.1) is 5.82 Å². The molecule has 3 rings (SSSR count). The fourth-order valence-electron chi connectivity index (χ4n) is 2.86. The van der Waals surface area contributed by atoms with E-state index in [0.717, 1.165) is 5.56 Å². The van der Waals surface area contributed by atoms with Crippen LogP contribution in [0.5, 0.6) is 5.75 Å². The quantitative estimate of drug-likeness (QED) is 0.826. The van der Waals surface area contributed by atoms with Crippen LogP contribution >= 0.6 is 0 Å². The minimum atomic E-state index is -0.319. The molecule has 23 heavy (non-hydrogen) atoms. The van der Waals surface area contributed by atoms with E-state index in [4.69, 9.17) is 14.2 Å². The zero-order chi connectivity index (χ0) is 16.2. The van der Waals surface area contributed by atoms with Crippen molar-refractivity contribution in [2.45, 2.75) is 13.2 Å². The number of nitrogens with zero attached hydrogens (tertiary/aromatic N) is 2. The van der Waals surface area contributed by atoms with Crippen molar-refractivity contribution in [1.82, 2.24) is 9.80 Å². The molecule has 0 radical (unpaired) electrons. The van der Waals surface area contributed by atoms with Crippen LogP contribution < -0.4 is 4.74 Å². The second-order valence-electron chi connectivity index (χ2n) is 5.83. The molecular formula is C16H21FN2O4. The molecule has 0 bridgehead atoms. The summed E-state index contributed by atoms with van der Waals surface area (Å²) in [4.78, 5) is 15.9. The molecule has 7 heteroatoms. The summed E-state index contributed by atoms with van der Waals surface area (Å²) in [5.41, 5.74) is 1.44. The van der Waals surface area contributed by atoms with E-state index in [2.05, 4.69) is 0 Å². The van der Waals surface area contributed by atoms with E-state index in [9.17, 15) is 9.18 Å². The molecule has 1 fully saturated rings. The van der Waals surface area contributed by atoms with E-state index in [1.165, 1.54) is 12.1 Å². The van der Waals surface area contributed by atoms with Crippen LogP contribution in [0.25, 0.3) is 0 Å². The van der Waals surface area contributed by atoms with Crippen LogP contribution in [0.1, 0.15) is 11.1 Å². The Bertz CT molecular complexity index is 575. The molecule has 0 aromatic heterocycles. The third-order valence-corrected chi connectivity index (χ3v) is 3.96. The van der Waals surface area contributed by atoms with E-state index in [-0.39, 0.29) is 25.1 Å². The summed E-state index contributed by atoms with van der Waals surface area (Å²) >= 11 is 0. The number of carbonyl (C=O) groups excluding carboxylic acids is 1. The normalized spacial score (nSPS) is 17.8. The summed E-state index contributed by atoms with van der Waals surface area (Å²) < 4.78 is 29.7. The Kier molecular flexibility index (Phi) is 5.09. The van der Waals surface area contributed by atoms with Crippen LogP contribution in [-0.4, -0.2) is 62.4 Å². The van der Waals surface area contributed by atoms with Crippen molar-refractivity contribution in [2.75, 3.05) is 46.7 Å². The lowest BCUT2D eigenvalue weighted by atomic mass is 10.1. The maximum Gasteiger partial charge on any atom is 0.236 e. The zero-order valence-corrected chi connectivity index (χ0v) is 13.2. The van der Waals surface area contributed by atoms with Crippen molar-refractivity contribution in [3.63, 3.8) is 0 Å². The van der Waals surface area contributed by atoms with Crippen LogP contribution in [-0.2, 0) is 27.4 Å². The summed E-state index contributed by atoms with van der Waals surface area (Å²) in [6, 6.07) is 2.89. The molecule has 0 saturated carbocycles. The maximum atomic E-state index is 13.7. The number of benzene rings is 1. The molecule has 1 saturated heterocycles. The molecule has 126 valence electrons. The van der Waals surface area contributed by atoms with Crippen molar-refractivity contribution >= 4 is 5.91 Å². The van der Waals surface area contributed by atoms with Gasteiger partial charge >= 0.3 is 0 Å². The van der Waals surface area contributed by atoms with Gasteiger partial charge in [0.1, 0.15) is 11.6 Å². The van der Waals surface area contributed by atoms with Crippen LogP contribution in [0.4, 0.5) is 4.39 Å². The second kappa shape index (κ2) is 7.25. The van der Waals surface area contributed by atoms with E-state index >= 15 is 0 Å². The first kappa shape index (κ1) is 16.2. The molecule has 2 aliphatic rings. The molecule has 6 nitrogen and oxygen atoms in total. The summed E-state index contributed by atoms with van der Waals surface area (Å²) in [6.45, 7) is 3.66. The van der Waals surface area contributed by atoms with Gasteiger partial charge in [-0.05, 0) is 19.2 Å². The minimum absolute atomic E-state index is 0.0605. The van der Waals surface area contributed by atoms with Crippen molar-refractivity contribution in [3.05, 3.63) is 29.1 Å². The zero-order valence-electron chi connectivity index (χ0n) is 13.2. The predicted octanol–water partition coefficient (Wildman–Crippen LogP) is 0.983. The van der Waals surface area contributed by atoms with Gasteiger partial charge in [-0.2, -0.15) is 0 Å². The molecular weight excluding hydrogens is 303 g/mol. The largest absolute Gasteiger partial charge is 0.467 e. The van der Waals surface area contributed by atoms with E-state index < -0.39 is 0 Å². The van der Waals surface area contributed by atoms with Gasteiger partial charge in [0.05, 0.1) is 26.4 Å². The van der Waals surface area contributed by atoms with Crippen LogP contribution in [0.15, 0.2) is 12.1 Å². The Morgan fingerprint density at radius 2 is 2.09 bits per heavy atom. The molecule has 1 aromatic rings. The molecule has 1 aromatic carbocycles. The van der Waals surface area contributed by atoms with Gasteiger partial charge in [0, 0.05) is 30.8 Å². The van der Waals surface area contributed by atoms with Crippen molar-refractivity contribution in [1.29, 1.82) is 0 Å². The fourth-order valence-corrected chi connectivity index (χ4v) is 2.86. The molecule has 0 spiro atoms. The standard InChI is InChI=1S/C16H21FN2O4/c1-18(9-15(20)19-2-4-21-5-3-19)8-12-6-14(17)7-13-10-22-11-23-16(12)13/h6-7H,2-5,8-11H2,1H3. The predicted molar refractivity (Wildman–Crippen MR) is 80.4 cm³/mol. The van der Waals surface area contributed by atoms with Gasteiger partial charge in [-0.1, -0.05) is 0 Å². The Hall–Kier alpha value is -1.70. The van der Waals surface area contributed by atoms with Gasteiger partial charge in [0.15, 0.2) is 6.79 Å². The third-order valence-electron chi connectivity index (χ3n) is 3.96. The Morgan fingerprint density at radius 1 is 1.30 bits per heavy atom. The number of ether oxygens (including phenoxy) is 3. The lowest BCUT2D eigenvalue weighted by Gasteiger charge is -2.29. The maximum absolute atomic E-state index is 13.7. The highest BCUT2D eigenvalue weighted by Crippen LogP contribution is 2.30. The summed E-state index contributed by atoms with van der Waals surface area (Å²) in [5.74, 6) is 0.411. The molecule has 0 N–H and O–H groups in total. The number of likely N-dealkylation sites (N-methyl/N-ethyl adjacent to an activating group) is 1. The third kappa shape index (κ3) is 3.99. The Balaban J connectivity index is 1.64. The summed E-state index contributed by atoms with van der Waals surface area (Å²) in [7, 11) is 1.84. The van der Waals surface area contributed by atoms with Crippen LogP contribution in [0.3, 0.4) is 0 Å². The number of rotatable bonds is 4. The molecule has 0 unspecified atom stereocenters. The number of halogens is 1. The van der Waals surface area contributed by atoms with Crippen LogP contribution in [0.2, 0.25) is 0 Å². The van der Waals surface area contributed by atoms with Gasteiger partial charge < -0.3 is 19.1 Å². The number of morpholine rings is 1. The first-order chi connectivity index (χ1) is 11.1. The lowest BCUT2D eigenvalue weighted by molar-refractivity contribution is -0.136. The lowest BCUT2D eigenvalue weighted by Crippen LogP contribution is -2.44. The number of hydrogen-bond donors (Lipinski definition) is 0. The van der Waals surface area contributed by atoms with Crippen molar-refractivity contribution in [3.8, 4) is 5.75 Å². The summed E-state index contributed by atoms with van der Waals surface area (Å²) in [6.07, 6.45) is 0. The molecule has 0 aliphatic carbocycles. The molecule has 2 aliphatic heterocycles. The first-order valence-corrected chi connectivity index (χ1v) is 7.69. The highest BCUT2D eigenvalue weighted by Gasteiger charge is 2.21. The molecule has 0 atom stereocenters. The van der Waals surface area contributed by atoms with Crippen molar-refractivity contribution in [2.24, 2.45) is 0 Å². The first-order valence-electron chi connectivity index (χ1n) is 7.69.